The molecular weight excluding hydrogens is 288 g/mol. The summed E-state index contributed by atoms with van der Waals surface area (Å²) in [5.41, 5.74) is 1.61. The number of hydrogen-bond acceptors (Lipinski definition) is 6. The Morgan fingerprint density at radius 1 is 1.29 bits per heavy atom. The molecule has 0 spiro atoms. The lowest BCUT2D eigenvalue weighted by molar-refractivity contribution is -0.384. The molecule has 2 heterocycles. The van der Waals surface area contributed by atoms with Gasteiger partial charge in [-0.05, 0) is 12.1 Å². The van der Waals surface area contributed by atoms with Crippen LogP contribution in [0.2, 0.25) is 0 Å². The Labute approximate surface area is 124 Å². The van der Waals surface area contributed by atoms with Gasteiger partial charge in [-0.1, -0.05) is 12.1 Å². The zero-order chi connectivity index (χ0) is 14.8. The second-order valence-electron chi connectivity index (χ2n) is 4.46. The van der Waals surface area contributed by atoms with Crippen LogP contribution in [0.1, 0.15) is 10.7 Å². The van der Waals surface area contributed by atoms with Crippen molar-refractivity contribution in [2.24, 2.45) is 0 Å². The van der Waals surface area contributed by atoms with E-state index in [1.807, 2.05) is 24.3 Å². The van der Waals surface area contributed by atoms with E-state index in [0.29, 0.717) is 17.9 Å². The van der Waals surface area contributed by atoms with Crippen molar-refractivity contribution in [3.05, 3.63) is 57.2 Å². The van der Waals surface area contributed by atoms with Crippen molar-refractivity contribution in [1.29, 1.82) is 0 Å². The zero-order valence-corrected chi connectivity index (χ0v) is 12.1. The quantitative estimate of drug-likeness (QED) is 0.591. The van der Waals surface area contributed by atoms with Gasteiger partial charge in [0.05, 0.1) is 31.9 Å². The van der Waals surface area contributed by atoms with Crippen molar-refractivity contribution >= 4 is 33.1 Å². The number of nitrogens with one attached hydrogen (secondary N) is 1. The summed E-state index contributed by atoms with van der Waals surface area (Å²) in [5, 5.41) is 14.7. The number of nitro groups is 1. The van der Waals surface area contributed by atoms with Crippen LogP contribution >= 0.6 is 11.3 Å². The SMILES string of the molecule is CNc1cc([N+](=O)[O-])cc(Cc2nc3ccccc3s2)n1. The van der Waals surface area contributed by atoms with E-state index >= 15 is 0 Å². The van der Waals surface area contributed by atoms with Crippen LogP contribution in [0.5, 0.6) is 0 Å². The number of rotatable bonds is 4. The monoisotopic (exact) mass is 300 g/mol. The number of nitrogens with zero attached hydrogens (tertiary/aromatic N) is 3. The topological polar surface area (TPSA) is 81.0 Å². The molecule has 0 atom stereocenters. The van der Waals surface area contributed by atoms with Crippen LogP contribution in [0.15, 0.2) is 36.4 Å². The zero-order valence-electron chi connectivity index (χ0n) is 11.2. The highest BCUT2D eigenvalue weighted by atomic mass is 32.1. The maximum atomic E-state index is 11.0. The smallest absolute Gasteiger partial charge is 0.274 e. The number of hydrogen-bond donors (Lipinski definition) is 1. The first-order chi connectivity index (χ1) is 10.2. The Bertz CT molecular complexity index is 783. The molecule has 0 bridgehead atoms. The van der Waals surface area contributed by atoms with Crippen molar-refractivity contribution < 1.29 is 4.92 Å². The Kier molecular flexibility index (Phi) is 3.49. The summed E-state index contributed by atoms with van der Waals surface area (Å²) in [6, 6.07) is 10.8. The maximum absolute atomic E-state index is 11.0. The molecule has 3 aromatic rings. The second-order valence-corrected chi connectivity index (χ2v) is 5.58. The molecule has 0 amide bonds. The van der Waals surface area contributed by atoms with Gasteiger partial charge in [0.2, 0.25) is 0 Å². The van der Waals surface area contributed by atoms with Crippen LogP contribution in [0.25, 0.3) is 10.2 Å². The van der Waals surface area contributed by atoms with Gasteiger partial charge in [0.15, 0.2) is 0 Å². The number of para-hydroxylation sites is 1. The fraction of sp³-hybridized carbons (Fsp3) is 0.143. The molecule has 0 aliphatic rings. The minimum Gasteiger partial charge on any atom is -0.373 e. The fourth-order valence-electron chi connectivity index (χ4n) is 2.05. The number of aromatic nitrogens is 2. The Morgan fingerprint density at radius 3 is 2.81 bits per heavy atom. The summed E-state index contributed by atoms with van der Waals surface area (Å²) in [5.74, 6) is 0.486. The average molecular weight is 300 g/mol. The van der Waals surface area contributed by atoms with Gasteiger partial charge >= 0.3 is 0 Å². The highest BCUT2D eigenvalue weighted by molar-refractivity contribution is 7.18. The number of anilines is 1. The Balaban J connectivity index is 1.96. The van der Waals surface area contributed by atoms with Gasteiger partial charge in [-0.25, -0.2) is 9.97 Å². The van der Waals surface area contributed by atoms with Crippen LogP contribution in [-0.4, -0.2) is 21.9 Å². The van der Waals surface area contributed by atoms with Crippen molar-refractivity contribution in [1.82, 2.24) is 9.97 Å². The van der Waals surface area contributed by atoms with Crippen LogP contribution in [0.3, 0.4) is 0 Å². The molecule has 0 saturated carbocycles. The first-order valence-electron chi connectivity index (χ1n) is 6.33. The summed E-state index contributed by atoms with van der Waals surface area (Å²) in [6.45, 7) is 0. The lowest BCUT2D eigenvalue weighted by atomic mass is 10.2. The highest BCUT2D eigenvalue weighted by Crippen LogP contribution is 2.25. The first-order valence-corrected chi connectivity index (χ1v) is 7.15. The number of thiazole rings is 1. The van der Waals surface area contributed by atoms with E-state index < -0.39 is 4.92 Å². The molecule has 1 aromatic carbocycles. The van der Waals surface area contributed by atoms with Crippen LogP contribution in [-0.2, 0) is 6.42 Å². The van der Waals surface area contributed by atoms with Gasteiger partial charge in [-0.2, -0.15) is 0 Å². The molecule has 0 saturated heterocycles. The third-order valence-corrected chi connectivity index (χ3v) is 4.04. The van der Waals surface area contributed by atoms with E-state index in [0.717, 1.165) is 15.2 Å². The Morgan fingerprint density at radius 2 is 2.10 bits per heavy atom. The lowest BCUT2D eigenvalue weighted by Crippen LogP contribution is -2.00. The van der Waals surface area contributed by atoms with E-state index in [1.54, 1.807) is 18.4 Å². The predicted molar refractivity (Wildman–Crippen MR) is 82.9 cm³/mol. The number of pyridine rings is 1. The molecule has 0 fully saturated rings. The minimum atomic E-state index is -0.412. The van der Waals surface area contributed by atoms with Crippen molar-refractivity contribution in [2.75, 3.05) is 12.4 Å². The van der Waals surface area contributed by atoms with Crippen molar-refractivity contribution in [3.63, 3.8) is 0 Å². The molecule has 0 aliphatic carbocycles. The third kappa shape index (κ3) is 2.82. The molecule has 0 unspecified atom stereocenters. The van der Waals surface area contributed by atoms with Gasteiger partial charge in [0.25, 0.3) is 5.69 Å². The van der Waals surface area contributed by atoms with Crippen LogP contribution in [0, 0.1) is 10.1 Å². The number of benzene rings is 1. The minimum absolute atomic E-state index is 0.0328. The average Bonchev–Trinajstić information content (AvgIpc) is 2.88. The summed E-state index contributed by atoms with van der Waals surface area (Å²) in [7, 11) is 1.69. The van der Waals surface area contributed by atoms with Gasteiger partial charge in [0.1, 0.15) is 5.82 Å². The second kappa shape index (κ2) is 5.45. The van der Waals surface area contributed by atoms with Crippen molar-refractivity contribution in [2.45, 2.75) is 6.42 Å². The normalized spacial score (nSPS) is 10.7. The van der Waals surface area contributed by atoms with E-state index in [2.05, 4.69) is 15.3 Å². The molecule has 2 aromatic heterocycles. The molecule has 0 radical (unpaired) electrons. The summed E-state index contributed by atoms with van der Waals surface area (Å²) < 4.78 is 1.10. The summed E-state index contributed by atoms with van der Waals surface area (Å²) in [6.07, 6.45) is 0.482. The lowest BCUT2D eigenvalue weighted by Gasteiger charge is -2.03. The van der Waals surface area contributed by atoms with E-state index in [4.69, 9.17) is 0 Å². The molecule has 7 heteroatoms. The predicted octanol–water partition coefficient (Wildman–Crippen LogP) is 3.23. The molecule has 3 rings (SSSR count). The van der Waals surface area contributed by atoms with E-state index in [-0.39, 0.29) is 5.69 Å². The van der Waals surface area contributed by atoms with Gasteiger partial charge < -0.3 is 5.32 Å². The fourth-order valence-corrected chi connectivity index (χ4v) is 3.03. The molecule has 0 aliphatic heterocycles. The van der Waals surface area contributed by atoms with E-state index in [9.17, 15) is 10.1 Å². The van der Waals surface area contributed by atoms with Crippen molar-refractivity contribution in [3.8, 4) is 0 Å². The largest absolute Gasteiger partial charge is 0.373 e. The Hall–Kier alpha value is -2.54. The summed E-state index contributed by atoms with van der Waals surface area (Å²) in [4.78, 5) is 19.4. The first kappa shape index (κ1) is 13.4. The van der Waals surface area contributed by atoms with Gasteiger partial charge in [0, 0.05) is 19.5 Å². The summed E-state index contributed by atoms with van der Waals surface area (Å²) >= 11 is 1.58. The standard InChI is InChI=1S/C14H12N4O2S/c1-15-13-8-10(18(19)20)6-9(16-13)7-14-17-11-4-2-3-5-12(11)21-14/h2-6,8H,7H2,1H3,(H,15,16). The molecular formula is C14H12N4O2S. The van der Waals surface area contributed by atoms with E-state index in [1.165, 1.54) is 12.1 Å². The molecule has 6 nitrogen and oxygen atoms in total. The van der Waals surface area contributed by atoms with Crippen LogP contribution in [0.4, 0.5) is 11.5 Å². The molecule has 106 valence electrons. The van der Waals surface area contributed by atoms with Crippen LogP contribution < -0.4 is 5.32 Å². The molecule has 1 N–H and O–H groups in total. The highest BCUT2D eigenvalue weighted by Gasteiger charge is 2.12. The van der Waals surface area contributed by atoms with Gasteiger partial charge in [-0.15, -0.1) is 11.3 Å². The number of fused-ring (bicyclic) bond motifs is 1. The maximum Gasteiger partial charge on any atom is 0.274 e. The van der Waals surface area contributed by atoms with Gasteiger partial charge in [-0.3, -0.25) is 10.1 Å². The molecule has 21 heavy (non-hydrogen) atoms. The third-order valence-electron chi connectivity index (χ3n) is 3.00.